The third-order valence-corrected chi connectivity index (χ3v) is 3.25. The minimum atomic E-state index is -5.58. The highest BCUT2D eigenvalue weighted by Gasteiger charge is 2.61. The van der Waals surface area contributed by atoms with Gasteiger partial charge in [0.15, 0.2) is 0 Å². The first kappa shape index (κ1) is 18.3. The van der Waals surface area contributed by atoms with Gasteiger partial charge in [0.05, 0.1) is 12.2 Å². The van der Waals surface area contributed by atoms with Crippen LogP contribution >= 0.6 is 0 Å². The highest BCUT2D eigenvalue weighted by atomic mass is 19.4. The van der Waals surface area contributed by atoms with E-state index in [1.807, 2.05) is 0 Å². The monoisotopic (exact) mass is 349 g/mol. The highest BCUT2D eigenvalue weighted by molar-refractivity contribution is 5.34. The number of hydrogen-bond acceptors (Lipinski definition) is 1. The maximum atomic E-state index is 13.3. The molecule has 0 fully saturated rings. The summed E-state index contributed by atoms with van der Waals surface area (Å²) in [5.74, 6) is -4.34. The molecule has 8 heteroatoms. The summed E-state index contributed by atoms with van der Waals surface area (Å²) in [6.07, 6.45) is -10.7. The molecular formula is C16H11F6O2. The molecule has 1 unspecified atom stereocenters. The summed E-state index contributed by atoms with van der Waals surface area (Å²) in [7, 11) is 0. The average molecular weight is 349 g/mol. The lowest BCUT2D eigenvalue weighted by atomic mass is 9.98. The molecule has 0 aliphatic heterocycles. The van der Waals surface area contributed by atoms with Crippen molar-refractivity contribution >= 4 is 0 Å². The van der Waals surface area contributed by atoms with Crippen molar-refractivity contribution in [1.82, 2.24) is 0 Å². The molecule has 129 valence electrons. The van der Waals surface area contributed by atoms with Crippen LogP contribution in [0, 0.1) is 0 Å². The van der Waals surface area contributed by atoms with E-state index in [1.165, 1.54) is 24.3 Å². The van der Waals surface area contributed by atoms with Gasteiger partial charge >= 0.3 is 18.1 Å². The van der Waals surface area contributed by atoms with Gasteiger partial charge in [0.25, 0.3) is 0 Å². The summed E-state index contributed by atoms with van der Waals surface area (Å²) >= 11 is 0. The van der Waals surface area contributed by atoms with Crippen molar-refractivity contribution in [1.29, 1.82) is 0 Å². The van der Waals surface area contributed by atoms with Crippen LogP contribution < -0.4 is 0 Å². The molecule has 0 bridgehead atoms. The van der Waals surface area contributed by atoms with Gasteiger partial charge in [-0.15, -0.1) is 0 Å². The van der Waals surface area contributed by atoms with Crippen LogP contribution in [-0.4, -0.2) is 6.18 Å². The van der Waals surface area contributed by atoms with Crippen LogP contribution in [0.5, 0.6) is 0 Å². The average Bonchev–Trinajstić information content (AvgIpc) is 2.51. The number of rotatable bonds is 4. The summed E-state index contributed by atoms with van der Waals surface area (Å²) in [5.41, 5.74) is -2.96. The molecule has 2 rings (SSSR count). The van der Waals surface area contributed by atoms with E-state index in [0.29, 0.717) is 12.1 Å². The van der Waals surface area contributed by atoms with Crippen molar-refractivity contribution in [2.45, 2.75) is 24.7 Å². The second-order valence-electron chi connectivity index (χ2n) is 4.93. The third-order valence-electron chi connectivity index (χ3n) is 3.25. The van der Waals surface area contributed by atoms with Crippen LogP contribution in [0.15, 0.2) is 54.6 Å². The van der Waals surface area contributed by atoms with E-state index in [9.17, 15) is 31.4 Å². The summed E-state index contributed by atoms with van der Waals surface area (Å²) < 4.78 is 83.1. The summed E-state index contributed by atoms with van der Waals surface area (Å²) in [6.45, 7) is -0.782. The second-order valence-corrected chi connectivity index (χ2v) is 4.93. The molecule has 2 nitrogen and oxygen atoms in total. The predicted octanol–water partition coefficient (Wildman–Crippen LogP) is 5.07. The van der Waals surface area contributed by atoms with E-state index in [2.05, 4.69) is 4.74 Å². The van der Waals surface area contributed by atoms with Gasteiger partial charge in [-0.2, -0.15) is 31.4 Å². The van der Waals surface area contributed by atoms with Crippen molar-refractivity contribution in [2.24, 2.45) is 0 Å². The normalized spacial score (nSPS) is 15.1. The van der Waals surface area contributed by atoms with Gasteiger partial charge in [-0.3, -0.25) is 0 Å². The van der Waals surface area contributed by atoms with E-state index in [0.717, 1.165) is 12.1 Å². The molecular weight excluding hydrogens is 338 g/mol. The van der Waals surface area contributed by atoms with Crippen molar-refractivity contribution in [2.75, 3.05) is 0 Å². The van der Waals surface area contributed by atoms with Crippen molar-refractivity contribution in [3.63, 3.8) is 0 Å². The lowest BCUT2D eigenvalue weighted by Gasteiger charge is -2.30. The Hall–Kier alpha value is -2.06. The van der Waals surface area contributed by atoms with E-state index in [1.54, 1.807) is 6.07 Å². The lowest BCUT2D eigenvalue weighted by Crippen LogP contribution is -2.44. The maximum absolute atomic E-state index is 13.3. The molecule has 0 N–H and O–H groups in total. The third kappa shape index (κ3) is 3.70. The minimum absolute atomic E-state index is 0.228. The fraction of sp³-hybridized carbons (Fsp3) is 0.250. The summed E-state index contributed by atoms with van der Waals surface area (Å²) in [6, 6.07) is 10.1. The Labute approximate surface area is 133 Å². The Kier molecular flexibility index (Phi) is 4.91. The Morgan fingerprint density at radius 3 is 1.75 bits per heavy atom. The second kappa shape index (κ2) is 6.45. The molecule has 0 spiro atoms. The Morgan fingerprint density at radius 2 is 1.25 bits per heavy atom. The van der Waals surface area contributed by atoms with E-state index >= 15 is 0 Å². The van der Waals surface area contributed by atoms with Crippen LogP contribution in [0.3, 0.4) is 0 Å². The van der Waals surface area contributed by atoms with Crippen LogP contribution in [0.2, 0.25) is 0 Å². The molecule has 0 aliphatic carbocycles. The molecule has 2 aromatic rings. The molecule has 0 saturated carbocycles. The van der Waals surface area contributed by atoms with Crippen LogP contribution in [0.4, 0.5) is 26.3 Å². The molecule has 0 amide bonds. The minimum Gasteiger partial charge on any atom is -0.332 e. The molecule has 0 saturated heterocycles. The molecule has 1 radical (unpaired) electrons. The number of hydrogen-bond donors (Lipinski definition) is 0. The van der Waals surface area contributed by atoms with Gasteiger partial charge < -0.3 is 4.74 Å². The molecule has 1 atom stereocenters. The molecule has 24 heavy (non-hydrogen) atoms. The van der Waals surface area contributed by atoms with Crippen LogP contribution in [0.1, 0.15) is 16.7 Å². The fourth-order valence-corrected chi connectivity index (χ4v) is 2.09. The zero-order valence-electron chi connectivity index (χ0n) is 12.0. The van der Waals surface area contributed by atoms with E-state index in [-0.39, 0.29) is 5.56 Å². The molecule has 0 aliphatic rings. The van der Waals surface area contributed by atoms with Gasteiger partial charge in [0, 0.05) is 5.56 Å². The molecule has 2 aromatic carbocycles. The smallest absolute Gasteiger partial charge is 0.332 e. The van der Waals surface area contributed by atoms with Gasteiger partial charge in [-0.05, 0) is 11.6 Å². The number of alkyl halides is 6. The van der Waals surface area contributed by atoms with Gasteiger partial charge in [-0.1, -0.05) is 48.5 Å². The highest BCUT2D eigenvalue weighted by Crippen LogP contribution is 2.46. The molecule has 0 aromatic heterocycles. The van der Waals surface area contributed by atoms with Gasteiger partial charge in [0.2, 0.25) is 0 Å². The Balaban J connectivity index is 2.46. The topological polar surface area (TPSA) is 29.1 Å². The first-order valence-electron chi connectivity index (χ1n) is 6.67. The maximum Gasteiger partial charge on any atom is 0.451 e. The fourth-order valence-electron chi connectivity index (χ4n) is 2.09. The van der Waals surface area contributed by atoms with Crippen LogP contribution in [0.25, 0.3) is 0 Å². The van der Waals surface area contributed by atoms with E-state index in [4.69, 9.17) is 0 Å². The number of halogens is 6. The first-order chi connectivity index (χ1) is 11.1. The number of ether oxygens (including phenoxy) is 1. The Morgan fingerprint density at radius 1 is 0.750 bits per heavy atom. The zero-order valence-corrected chi connectivity index (χ0v) is 12.0. The predicted molar refractivity (Wildman–Crippen MR) is 71.1 cm³/mol. The van der Waals surface area contributed by atoms with Gasteiger partial charge in [0.1, 0.15) is 0 Å². The van der Waals surface area contributed by atoms with E-state index < -0.39 is 35.9 Å². The van der Waals surface area contributed by atoms with Crippen molar-refractivity contribution < 1.29 is 36.2 Å². The first-order valence-corrected chi connectivity index (χ1v) is 6.67. The Bertz CT molecular complexity index is 681. The largest absolute Gasteiger partial charge is 0.451 e. The SMILES string of the molecule is [O]C(OCc1ccccc1)(c1ccccc1C(F)(F)F)C(F)(F)F. The molecule has 0 heterocycles. The zero-order chi connectivity index (χ0) is 18.0. The quantitative estimate of drug-likeness (QED) is 0.560. The van der Waals surface area contributed by atoms with Crippen LogP contribution in [-0.2, 0) is 28.4 Å². The summed E-state index contributed by atoms with van der Waals surface area (Å²) in [4.78, 5) is 0. The number of benzene rings is 2. The summed E-state index contributed by atoms with van der Waals surface area (Å²) in [5, 5.41) is 12.3. The van der Waals surface area contributed by atoms with Crippen molar-refractivity contribution in [3.8, 4) is 0 Å². The van der Waals surface area contributed by atoms with Crippen molar-refractivity contribution in [3.05, 3.63) is 71.3 Å². The van der Waals surface area contributed by atoms with Gasteiger partial charge in [-0.25, -0.2) is 0 Å². The standard InChI is InChI=1S/C16H11F6O2/c17-15(18,19)13-9-5-4-8-12(13)14(23,16(20,21)22)24-10-11-6-2-1-3-7-11/h1-9H,10H2. The lowest BCUT2D eigenvalue weighted by molar-refractivity contribution is -0.402.